The molecule has 0 amide bonds. The van der Waals surface area contributed by atoms with Gasteiger partial charge >= 0.3 is 0 Å². The fourth-order valence-electron chi connectivity index (χ4n) is 2.21. The van der Waals surface area contributed by atoms with Gasteiger partial charge in [-0.2, -0.15) is 0 Å². The van der Waals surface area contributed by atoms with E-state index in [9.17, 15) is 0 Å². The van der Waals surface area contributed by atoms with Gasteiger partial charge in [-0.05, 0) is 30.1 Å². The van der Waals surface area contributed by atoms with Crippen molar-refractivity contribution in [2.75, 3.05) is 0 Å². The molecule has 86 valence electrons. The summed E-state index contributed by atoms with van der Waals surface area (Å²) in [5.41, 5.74) is 0. The lowest BCUT2D eigenvalue weighted by atomic mass is 9.79. The van der Waals surface area contributed by atoms with Crippen molar-refractivity contribution in [1.29, 1.82) is 0 Å². The zero-order valence-electron chi connectivity index (χ0n) is 11.1. The summed E-state index contributed by atoms with van der Waals surface area (Å²) in [5, 5.41) is 0. The predicted molar refractivity (Wildman–Crippen MR) is 66.5 cm³/mol. The maximum absolute atomic E-state index is 2.43. The van der Waals surface area contributed by atoms with Crippen LogP contribution in [0.5, 0.6) is 0 Å². The zero-order chi connectivity index (χ0) is 11.1. The Hall–Kier alpha value is 0. The van der Waals surface area contributed by atoms with Gasteiger partial charge in [0.05, 0.1) is 0 Å². The van der Waals surface area contributed by atoms with Crippen LogP contribution in [0.1, 0.15) is 67.2 Å². The van der Waals surface area contributed by atoms with Crippen molar-refractivity contribution in [1.82, 2.24) is 0 Å². The Bertz CT molecular complexity index is 126. The van der Waals surface area contributed by atoms with Crippen LogP contribution in [0.4, 0.5) is 0 Å². The summed E-state index contributed by atoms with van der Waals surface area (Å²) in [4.78, 5) is 0. The third kappa shape index (κ3) is 5.02. The molecular formula is C14H30. The monoisotopic (exact) mass is 198 g/mol. The minimum absolute atomic E-state index is 0.862. The van der Waals surface area contributed by atoms with Crippen molar-refractivity contribution in [3.05, 3.63) is 0 Å². The van der Waals surface area contributed by atoms with E-state index in [1.807, 2.05) is 0 Å². The van der Waals surface area contributed by atoms with Gasteiger partial charge in [-0.1, -0.05) is 60.8 Å². The Morgan fingerprint density at radius 2 is 1.43 bits per heavy atom. The molecule has 0 aliphatic heterocycles. The normalized spacial score (nSPS) is 18.2. The van der Waals surface area contributed by atoms with Crippen LogP contribution in [-0.4, -0.2) is 0 Å². The fraction of sp³-hybridized carbons (Fsp3) is 1.00. The Labute approximate surface area is 91.5 Å². The van der Waals surface area contributed by atoms with Gasteiger partial charge in [-0.15, -0.1) is 0 Å². The summed E-state index contributed by atoms with van der Waals surface area (Å²) in [7, 11) is 0. The number of hydrogen-bond acceptors (Lipinski definition) is 0. The van der Waals surface area contributed by atoms with Crippen molar-refractivity contribution in [2.45, 2.75) is 67.2 Å². The van der Waals surface area contributed by atoms with E-state index < -0.39 is 0 Å². The molecular weight excluding hydrogens is 168 g/mol. The maximum atomic E-state index is 2.43. The highest BCUT2D eigenvalue weighted by Crippen LogP contribution is 2.29. The minimum Gasteiger partial charge on any atom is -0.0654 e. The van der Waals surface area contributed by atoms with E-state index in [4.69, 9.17) is 0 Å². The zero-order valence-corrected chi connectivity index (χ0v) is 11.1. The second kappa shape index (κ2) is 7.31. The molecule has 0 aliphatic rings. The van der Waals surface area contributed by atoms with Crippen LogP contribution in [-0.2, 0) is 0 Å². The van der Waals surface area contributed by atoms with Crippen molar-refractivity contribution in [3.8, 4) is 0 Å². The lowest BCUT2D eigenvalue weighted by molar-refractivity contribution is 0.240. The van der Waals surface area contributed by atoms with Gasteiger partial charge in [0.1, 0.15) is 0 Å². The van der Waals surface area contributed by atoms with Crippen molar-refractivity contribution < 1.29 is 0 Å². The Kier molecular flexibility index (Phi) is 7.31. The first-order valence-electron chi connectivity index (χ1n) is 6.52. The maximum Gasteiger partial charge on any atom is -0.0389 e. The van der Waals surface area contributed by atoms with E-state index in [1.165, 1.54) is 25.7 Å². The van der Waals surface area contributed by atoms with Crippen LogP contribution in [0.15, 0.2) is 0 Å². The molecule has 3 unspecified atom stereocenters. The average molecular weight is 198 g/mol. The Morgan fingerprint density at radius 3 is 1.79 bits per heavy atom. The number of hydrogen-bond donors (Lipinski definition) is 0. The molecule has 0 saturated heterocycles. The lowest BCUT2D eigenvalue weighted by Gasteiger charge is -2.27. The van der Waals surface area contributed by atoms with Crippen LogP contribution < -0.4 is 0 Å². The molecule has 0 N–H and O–H groups in total. The highest BCUT2D eigenvalue weighted by molar-refractivity contribution is 4.69. The first-order chi connectivity index (χ1) is 6.52. The van der Waals surface area contributed by atoms with Gasteiger partial charge in [0, 0.05) is 0 Å². The van der Waals surface area contributed by atoms with Gasteiger partial charge in [0.25, 0.3) is 0 Å². The topological polar surface area (TPSA) is 0 Å². The summed E-state index contributed by atoms with van der Waals surface area (Å²) in [5.74, 6) is 3.61. The van der Waals surface area contributed by atoms with E-state index in [1.54, 1.807) is 0 Å². The highest BCUT2D eigenvalue weighted by Gasteiger charge is 2.18. The smallest absolute Gasteiger partial charge is 0.0389 e. The van der Waals surface area contributed by atoms with Crippen LogP contribution in [0.25, 0.3) is 0 Å². The molecule has 0 heteroatoms. The molecule has 3 atom stereocenters. The van der Waals surface area contributed by atoms with E-state index in [0.717, 1.165) is 23.7 Å². The Morgan fingerprint density at radius 1 is 0.857 bits per heavy atom. The average Bonchev–Trinajstić information content (AvgIpc) is 2.15. The van der Waals surface area contributed by atoms with Crippen LogP contribution >= 0.6 is 0 Å². The molecule has 0 heterocycles. The molecule has 0 bridgehead atoms. The van der Waals surface area contributed by atoms with E-state index in [-0.39, 0.29) is 0 Å². The van der Waals surface area contributed by atoms with Crippen molar-refractivity contribution in [2.24, 2.45) is 23.7 Å². The first kappa shape index (κ1) is 14.0. The second-order valence-electron chi connectivity index (χ2n) is 5.39. The molecule has 14 heavy (non-hydrogen) atoms. The van der Waals surface area contributed by atoms with Gasteiger partial charge in [-0.25, -0.2) is 0 Å². The molecule has 0 aliphatic carbocycles. The summed E-state index contributed by atoms with van der Waals surface area (Å²) >= 11 is 0. The van der Waals surface area contributed by atoms with E-state index in [0.29, 0.717) is 0 Å². The van der Waals surface area contributed by atoms with Crippen molar-refractivity contribution in [3.63, 3.8) is 0 Å². The molecule has 0 saturated carbocycles. The molecule has 0 nitrogen and oxygen atoms in total. The van der Waals surface area contributed by atoms with Crippen molar-refractivity contribution >= 4 is 0 Å². The Balaban J connectivity index is 4.01. The molecule has 0 radical (unpaired) electrons. The van der Waals surface area contributed by atoms with Crippen LogP contribution in [0.2, 0.25) is 0 Å². The summed E-state index contributed by atoms with van der Waals surface area (Å²) in [6.07, 6.45) is 5.52. The first-order valence-corrected chi connectivity index (χ1v) is 6.52. The van der Waals surface area contributed by atoms with E-state index in [2.05, 4.69) is 41.5 Å². The second-order valence-corrected chi connectivity index (χ2v) is 5.39. The fourth-order valence-corrected chi connectivity index (χ4v) is 2.21. The standard InChI is InChI=1S/C14H30/c1-7-9-14(11(3)4)10-13(6)12(5)8-2/h11-14H,7-10H2,1-6H3. The summed E-state index contributed by atoms with van der Waals surface area (Å²) in [6.45, 7) is 14.2. The van der Waals surface area contributed by atoms with Gasteiger partial charge in [0.2, 0.25) is 0 Å². The summed E-state index contributed by atoms with van der Waals surface area (Å²) in [6, 6.07) is 0. The molecule has 0 aromatic heterocycles. The third-order valence-electron chi connectivity index (χ3n) is 3.89. The molecule has 0 spiro atoms. The molecule has 0 rings (SSSR count). The largest absolute Gasteiger partial charge is 0.0654 e. The molecule has 0 aromatic rings. The van der Waals surface area contributed by atoms with Gasteiger partial charge < -0.3 is 0 Å². The van der Waals surface area contributed by atoms with Gasteiger partial charge in [0.15, 0.2) is 0 Å². The summed E-state index contributed by atoms with van der Waals surface area (Å²) < 4.78 is 0. The van der Waals surface area contributed by atoms with Gasteiger partial charge in [-0.3, -0.25) is 0 Å². The van der Waals surface area contributed by atoms with Crippen LogP contribution in [0.3, 0.4) is 0 Å². The van der Waals surface area contributed by atoms with Crippen LogP contribution in [0, 0.1) is 23.7 Å². The highest BCUT2D eigenvalue weighted by atomic mass is 14.2. The number of rotatable bonds is 7. The predicted octanol–water partition coefficient (Wildman–Crippen LogP) is 5.13. The third-order valence-corrected chi connectivity index (χ3v) is 3.89. The quantitative estimate of drug-likeness (QED) is 0.532. The minimum atomic E-state index is 0.862. The molecule has 0 aromatic carbocycles. The molecule has 0 fully saturated rings. The lowest BCUT2D eigenvalue weighted by Crippen LogP contribution is -2.16. The van der Waals surface area contributed by atoms with E-state index >= 15 is 0 Å². The SMILES string of the molecule is CCCC(CC(C)C(C)CC)C(C)C.